The zero-order valence-electron chi connectivity index (χ0n) is 24.0. The number of aliphatic carboxylic acids is 3. The zero-order valence-corrected chi connectivity index (χ0v) is 24.0. The molecule has 11 nitrogen and oxygen atoms in total. The fourth-order valence-corrected chi connectivity index (χ4v) is 3.85. The van der Waals surface area contributed by atoms with Crippen LogP contribution >= 0.6 is 0 Å². The van der Waals surface area contributed by atoms with Crippen LogP contribution in [-0.2, 0) is 32.7 Å². The average Bonchev–Trinajstić information content (AvgIpc) is 3.52. The first-order valence-corrected chi connectivity index (χ1v) is 12.9. The fraction of sp³-hybridized carbons (Fsp3) is 0.750. The Morgan fingerprint density at radius 3 is 1.66 bits per heavy atom. The lowest BCUT2D eigenvalue weighted by Crippen LogP contribution is -2.40. The van der Waals surface area contributed by atoms with Gasteiger partial charge in [-0.25, -0.2) is 19.4 Å². The summed E-state index contributed by atoms with van der Waals surface area (Å²) in [6.07, 6.45) is -10.5. The molecule has 1 saturated heterocycles. The van der Waals surface area contributed by atoms with Crippen molar-refractivity contribution in [3.05, 3.63) is 17.7 Å². The third kappa shape index (κ3) is 16.6. The van der Waals surface area contributed by atoms with E-state index >= 15 is 0 Å². The quantitative estimate of drug-likeness (QED) is 0.367. The Labute approximate surface area is 246 Å². The van der Waals surface area contributed by atoms with Crippen LogP contribution in [0.2, 0.25) is 0 Å². The first-order valence-electron chi connectivity index (χ1n) is 12.9. The first-order chi connectivity index (χ1) is 20.0. The predicted molar refractivity (Wildman–Crippen MR) is 134 cm³/mol. The molecule has 2 aliphatic rings. The maximum atomic E-state index is 10.6. The lowest BCUT2D eigenvalue weighted by Gasteiger charge is -2.33. The highest BCUT2D eigenvalue weighted by Crippen LogP contribution is 2.27. The fourth-order valence-electron chi connectivity index (χ4n) is 3.85. The van der Waals surface area contributed by atoms with Crippen LogP contribution in [-0.4, -0.2) is 117 Å². The second-order valence-electron chi connectivity index (χ2n) is 10.0. The zero-order chi connectivity index (χ0) is 34.5. The highest BCUT2D eigenvalue weighted by Gasteiger charge is 2.39. The van der Waals surface area contributed by atoms with Crippen molar-refractivity contribution in [2.75, 3.05) is 45.9 Å². The molecule has 2 aliphatic heterocycles. The molecule has 1 fully saturated rings. The summed E-state index contributed by atoms with van der Waals surface area (Å²) in [6.45, 7) is 13.1. The van der Waals surface area contributed by atoms with Gasteiger partial charge < -0.3 is 29.5 Å². The molecule has 1 unspecified atom stereocenters. The number of halogens is 9. The number of carboxylic acids is 3. The Bertz CT molecular complexity index is 982. The molecular weight excluding hydrogens is 627 g/mol. The topological polar surface area (TPSA) is 145 Å². The van der Waals surface area contributed by atoms with E-state index in [0.29, 0.717) is 11.8 Å². The van der Waals surface area contributed by atoms with Gasteiger partial charge in [0.15, 0.2) is 0 Å². The molecule has 0 bridgehead atoms. The maximum absolute atomic E-state index is 10.6. The number of alkyl halides is 9. The summed E-state index contributed by atoms with van der Waals surface area (Å²) in [5, 5.41) is 21.4. The van der Waals surface area contributed by atoms with E-state index in [2.05, 4.69) is 40.2 Å². The number of fused-ring (bicyclic) bond motifs is 1. The summed E-state index contributed by atoms with van der Waals surface area (Å²) in [5.74, 6) is -7.23. The van der Waals surface area contributed by atoms with Gasteiger partial charge in [0.1, 0.15) is 0 Å². The number of carboxylic acid groups (broad SMARTS) is 3. The number of aromatic nitrogens is 2. The highest BCUT2D eigenvalue weighted by atomic mass is 19.4. The van der Waals surface area contributed by atoms with Crippen molar-refractivity contribution in [2.24, 2.45) is 13.0 Å². The predicted octanol–water partition coefficient (Wildman–Crippen LogP) is 3.99. The van der Waals surface area contributed by atoms with Crippen LogP contribution in [0.4, 0.5) is 39.5 Å². The molecule has 3 heterocycles. The SMILES string of the molecule is CC(C)COCC1CN(CCN2CCCC2)Cc2ncn(C)c21.O=C(O)C(F)(F)F.O=C(O)C(F)(F)F.O=C(O)C(F)(F)F. The molecule has 44 heavy (non-hydrogen) atoms. The summed E-state index contributed by atoms with van der Waals surface area (Å²) >= 11 is 0. The smallest absolute Gasteiger partial charge is 0.475 e. The Kier molecular flexibility index (Phi) is 16.7. The van der Waals surface area contributed by atoms with E-state index < -0.39 is 36.4 Å². The van der Waals surface area contributed by atoms with E-state index in [1.165, 1.54) is 43.9 Å². The number of carbonyl (C=O) groups is 3. The van der Waals surface area contributed by atoms with Gasteiger partial charge in [0.05, 0.1) is 18.6 Å². The summed E-state index contributed by atoms with van der Waals surface area (Å²) in [4.78, 5) is 36.5. The molecular formula is C24H35F9N4O7. The van der Waals surface area contributed by atoms with E-state index in [9.17, 15) is 39.5 Å². The maximum Gasteiger partial charge on any atom is 0.490 e. The van der Waals surface area contributed by atoms with Crippen molar-refractivity contribution >= 4 is 17.9 Å². The summed E-state index contributed by atoms with van der Waals surface area (Å²) < 4.78 is 103. The minimum Gasteiger partial charge on any atom is -0.475 e. The van der Waals surface area contributed by atoms with E-state index in [1.54, 1.807) is 0 Å². The van der Waals surface area contributed by atoms with Gasteiger partial charge in [0.2, 0.25) is 0 Å². The molecule has 1 atom stereocenters. The minimum atomic E-state index is -5.08. The monoisotopic (exact) mass is 662 g/mol. The van der Waals surface area contributed by atoms with Crippen LogP contribution in [0.5, 0.6) is 0 Å². The number of aryl methyl sites for hydroxylation is 1. The normalized spacial score (nSPS) is 17.3. The number of imidazole rings is 1. The highest BCUT2D eigenvalue weighted by molar-refractivity contribution is 5.73. The van der Waals surface area contributed by atoms with Gasteiger partial charge in [-0.2, -0.15) is 39.5 Å². The Balaban J connectivity index is 0.000000721. The molecule has 3 rings (SSSR count). The molecule has 0 aliphatic carbocycles. The van der Waals surface area contributed by atoms with Gasteiger partial charge in [0.25, 0.3) is 0 Å². The lowest BCUT2D eigenvalue weighted by molar-refractivity contribution is -0.193. The van der Waals surface area contributed by atoms with Crippen LogP contribution in [0.15, 0.2) is 6.33 Å². The molecule has 256 valence electrons. The van der Waals surface area contributed by atoms with Gasteiger partial charge in [-0.15, -0.1) is 0 Å². The molecule has 3 N–H and O–H groups in total. The number of rotatable bonds is 7. The van der Waals surface area contributed by atoms with Crippen molar-refractivity contribution in [3.63, 3.8) is 0 Å². The summed E-state index contributed by atoms with van der Waals surface area (Å²) in [7, 11) is 2.11. The average molecular weight is 663 g/mol. The van der Waals surface area contributed by atoms with E-state index in [0.717, 1.165) is 32.8 Å². The van der Waals surface area contributed by atoms with Gasteiger partial charge in [-0.3, -0.25) is 4.90 Å². The molecule has 0 amide bonds. The first kappa shape index (κ1) is 40.9. The molecule has 0 radical (unpaired) electrons. The molecule has 0 aromatic carbocycles. The van der Waals surface area contributed by atoms with E-state index in [1.807, 2.05) is 6.33 Å². The number of nitrogens with zero attached hydrogens (tertiary/aromatic N) is 4. The van der Waals surface area contributed by atoms with Crippen LogP contribution in [0.1, 0.15) is 44.0 Å². The Morgan fingerprint density at radius 1 is 0.864 bits per heavy atom. The van der Waals surface area contributed by atoms with Crippen molar-refractivity contribution in [1.82, 2.24) is 19.4 Å². The Hall–Kier alpha value is -3.13. The standard InChI is InChI=1S/C18H32N4O.3C2HF3O2/c1-15(2)12-23-13-16-10-22(9-8-21-6-4-5-7-21)11-17-18(16)20(3)14-19-17;3*3-2(4,5)1(6)7/h14-16H,4-13H2,1-3H3;3*(H,6,7). The van der Waals surface area contributed by atoms with E-state index in [-0.39, 0.29) is 0 Å². The van der Waals surface area contributed by atoms with Crippen molar-refractivity contribution in [3.8, 4) is 0 Å². The molecule has 1 aromatic rings. The van der Waals surface area contributed by atoms with Crippen molar-refractivity contribution in [2.45, 2.75) is 57.7 Å². The largest absolute Gasteiger partial charge is 0.490 e. The minimum absolute atomic E-state index is 0.448. The molecule has 0 saturated carbocycles. The molecule has 0 spiro atoms. The van der Waals surface area contributed by atoms with Crippen LogP contribution in [0, 0.1) is 5.92 Å². The number of hydrogen-bond acceptors (Lipinski definition) is 7. The molecule has 20 heteroatoms. The summed E-state index contributed by atoms with van der Waals surface area (Å²) in [6, 6.07) is 0. The van der Waals surface area contributed by atoms with Crippen LogP contribution < -0.4 is 0 Å². The number of ether oxygens (including phenoxy) is 1. The van der Waals surface area contributed by atoms with Gasteiger partial charge in [-0.05, 0) is 31.8 Å². The van der Waals surface area contributed by atoms with Gasteiger partial charge in [0, 0.05) is 51.4 Å². The van der Waals surface area contributed by atoms with Crippen LogP contribution in [0.3, 0.4) is 0 Å². The number of hydrogen-bond donors (Lipinski definition) is 3. The second kappa shape index (κ2) is 18.0. The van der Waals surface area contributed by atoms with E-state index in [4.69, 9.17) is 34.4 Å². The number of likely N-dealkylation sites (tertiary alicyclic amines) is 1. The van der Waals surface area contributed by atoms with Crippen LogP contribution in [0.25, 0.3) is 0 Å². The third-order valence-electron chi connectivity index (χ3n) is 5.73. The van der Waals surface area contributed by atoms with Gasteiger partial charge >= 0.3 is 36.4 Å². The van der Waals surface area contributed by atoms with Gasteiger partial charge in [-0.1, -0.05) is 13.8 Å². The van der Waals surface area contributed by atoms with Crippen molar-refractivity contribution in [1.29, 1.82) is 0 Å². The van der Waals surface area contributed by atoms with Crippen molar-refractivity contribution < 1.29 is 74.0 Å². The third-order valence-corrected chi connectivity index (χ3v) is 5.73. The molecule has 1 aromatic heterocycles. The Morgan fingerprint density at radius 2 is 1.27 bits per heavy atom. The second-order valence-corrected chi connectivity index (χ2v) is 10.0. The lowest BCUT2D eigenvalue weighted by atomic mass is 9.99. The summed E-state index contributed by atoms with van der Waals surface area (Å²) in [5.41, 5.74) is 2.63.